The van der Waals surface area contributed by atoms with E-state index in [0.29, 0.717) is 0 Å². The highest BCUT2D eigenvalue weighted by Gasteiger charge is 2.03. The maximum Gasteiger partial charge on any atom is 0.121 e. The summed E-state index contributed by atoms with van der Waals surface area (Å²) in [5, 5.41) is 6.56. The second-order valence-electron chi connectivity index (χ2n) is 4.58. The van der Waals surface area contributed by atoms with E-state index in [0.717, 1.165) is 35.1 Å². The predicted molar refractivity (Wildman–Crippen MR) is 81.0 cm³/mol. The molecule has 0 aliphatic heterocycles. The van der Waals surface area contributed by atoms with E-state index < -0.39 is 0 Å². The minimum Gasteiger partial charge on any atom is -0.491 e. The molecule has 1 N–H and O–H groups in total. The van der Waals surface area contributed by atoms with E-state index in [9.17, 15) is 0 Å². The van der Waals surface area contributed by atoms with Crippen molar-refractivity contribution in [1.29, 1.82) is 0 Å². The highest BCUT2D eigenvalue weighted by Crippen LogP contribution is 2.20. The van der Waals surface area contributed by atoms with Gasteiger partial charge in [0.2, 0.25) is 0 Å². The molecule has 19 heavy (non-hydrogen) atoms. The molecule has 0 amide bonds. The fraction of sp³-hybridized carbons (Fsp3) is 0.400. The van der Waals surface area contributed by atoms with Crippen molar-refractivity contribution in [3.63, 3.8) is 0 Å². The van der Waals surface area contributed by atoms with Crippen molar-refractivity contribution >= 4 is 17.0 Å². The first-order valence-electron chi connectivity index (χ1n) is 6.59. The van der Waals surface area contributed by atoms with E-state index >= 15 is 0 Å². The molecule has 0 saturated carbocycles. The van der Waals surface area contributed by atoms with Gasteiger partial charge in [0.1, 0.15) is 5.75 Å². The zero-order chi connectivity index (χ0) is 13.7. The Labute approximate surface area is 118 Å². The summed E-state index contributed by atoms with van der Waals surface area (Å²) < 4.78 is 5.81. The standard InChI is InChI=1S/C15H20N2OS/c1-4-11(2)18-15-7-5-6-13(8-15)16-9-14-10-19-12(3)17-14/h5-8,10-11,16H,4,9H2,1-3H3. The van der Waals surface area contributed by atoms with Crippen LogP contribution in [0.15, 0.2) is 29.6 Å². The van der Waals surface area contributed by atoms with Gasteiger partial charge in [0, 0.05) is 17.1 Å². The first kappa shape index (κ1) is 13.9. The fourth-order valence-corrected chi connectivity index (χ4v) is 2.29. The van der Waals surface area contributed by atoms with Crippen molar-refractivity contribution in [2.24, 2.45) is 0 Å². The normalized spacial score (nSPS) is 12.2. The van der Waals surface area contributed by atoms with Gasteiger partial charge in [0.05, 0.1) is 23.4 Å². The summed E-state index contributed by atoms with van der Waals surface area (Å²) in [7, 11) is 0. The number of ether oxygens (including phenoxy) is 1. The summed E-state index contributed by atoms with van der Waals surface area (Å²) in [4.78, 5) is 4.43. The number of hydrogen-bond donors (Lipinski definition) is 1. The van der Waals surface area contributed by atoms with Crippen molar-refractivity contribution in [3.8, 4) is 5.75 Å². The van der Waals surface area contributed by atoms with Gasteiger partial charge in [0.25, 0.3) is 0 Å². The van der Waals surface area contributed by atoms with Crippen LogP contribution in [0.25, 0.3) is 0 Å². The van der Waals surface area contributed by atoms with Crippen LogP contribution in [-0.4, -0.2) is 11.1 Å². The lowest BCUT2D eigenvalue weighted by atomic mass is 10.2. The highest BCUT2D eigenvalue weighted by molar-refractivity contribution is 7.09. The molecular formula is C15H20N2OS. The van der Waals surface area contributed by atoms with Crippen LogP contribution in [0.1, 0.15) is 31.0 Å². The average Bonchev–Trinajstić information content (AvgIpc) is 2.82. The Morgan fingerprint density at radius 2 is 2.26 bits per heavy atom. The van der Waals surface area contributed by atoms with Gasteiger partial charge in [-0.15, -0.1) is 11.3 Å². The maximum atomic E-state index is 5.81. The monoisotopic (exact) mass is 276 g/mol. The highest BCUT2D eigenvalue weighted by atomic mass is 32.1. The Morgan fingerprint density at radius 1 is 1.42 bits per heavy atom. The van der Waals surface area contributed by atoms with Crippen LogP contribution in [-0.2, 0) is 6.54 Å². The van der Waals surface area contributed by atoms with E-state index in [1.165, 1.54) is 0 Å². The van der Waals surface area contributed by atoms with E-state index in [1.54, 1.807) is 11.3 Å². The summed E-state index contributed by atoms with van der Waals surface area (Å²) in [6, 6.07) is 8.07. The molecule has 3 nitrogen and oxygen atoms in total. The zero-order valence-corrected chi connectivity index (χ0v) is 12.5. The molecule has 0 aliphatic rings. The van der Waals surface area contributed by atoms with Crippen molar-refractivity contribution in [2.75, 3.05) is 5.32 Å². The third-order valence-electron chi connectivity index (χ3n) is 2.89. The first-order chi connectivity index (χ1) is 9.17. The van der Waals surface area contributed by atoms with E-state index in [4.69, 9.17) is 4.74 Å². The lowest BCUT2D eigenvalue weighted by Gasteiger charge is -2.13. The lowest BCUT2D eigenvalue weighted by molar-refractivity contribution is 0.217. The second kappa shape index (κ2) is 6.57. The van der Waals surface area contributed by atoms with Gasteiger partial charge in [-0.3, -0.25) is 0 Å². The van der Waals surface area contributed by atoms with Gasteiger partial charge >= 0.3 is 0 Å². The molecule has 0 saturated heterocycles. The van der Waals surface area contributed by atoms with Gasteiger partial charge < -0.3 is 10.1 Å². The molecule has 0 bridgehead atoms. The molecule has 1 aromatic heterocycles. The minimum atomic E-state index is 0.247. The molecule has 0 fully saturated rings. The number of thiazole rings is 1. The lowest BCUT2D eigenvalue weighted by Crippen LogP contribution is -2.09. The quantitative estimate of drug-likeness (QED) is 0.857. The fourth-order valence-electron chi connectivity index (χ4n) is 1.68. The van der Waals surface area contributed by atoms with Crippen molar-refractivity contribution in [2.45, 2.75) is 39.8 Å². The molecular weight excluding hydrogens is 256 g/mol. The number of anilines is 1. The van der Waals surface area contributed by atoms with Gasteiger partial charge in [-0.25, -0.2) is 4.98 Å². The molecule has 0 spiro atoms. The Kier molecular flexibility index (Phi) is 4.80. The number of hydrogen-bond acceptors (Lipinski definition) is 4. The number of aromatic nitrogens is 1. The summed E-state index contributed by atoms with van der Waals surface area (Å²) in [5.74, 6) is 0.911. The largest absolute Gasteiger partial charge is 0.491 e. The molecule has 1 heterocycles. The van der Waals surface area contributed by atoms with Crippen LogP contribution in [0.2, 0.25) is 0 Å². The molecule has 1 atom stereocenters. The van der Waals surface area contributed by atoms with Crippen LogP contribution in [0.4, 0.5) is 5.69 Å². The topological polar surface area (TPSA) is 34.1 Å². The molecule has 2 rings (SSSR count). The van der Waals surface area contributed by atoms with E-state index in [1.807, 2.05) is 31.2 Å². The Hall–Kier alpha value is -1.55. The summed E-state index contributed by atoms with van der Waals surface area (Å²) in [5.41, 5.74) is 2.14. The zero-order valence-electron chi connectivity index (χ0n) is 11.6. The van der Waals surface area contributed by atoms with Gasteiger partial charge in [-0.2, -0.15) is 0 Å². The minimum absolute atomic E-state index is 0.247. The Bertz CT molecular complexity index is 524. The third kappa shape index (κ3) is 4.24. The van der Waals surface area contributed by atoms with Crippen molar-refractivity contribution < 1.29 is 4.74 Å². The van der Waals surface area contributed by atoms with Gasteiger partial charge in [0.15, 0.2) is 0 Å². The van der Waals surface area contributed by atoms with E-state index in [-0.39, 0.29) is 6.10 Å². The van der Waals surface area contributed by atoms with Crippen LogP contribution in [0.3, 0.4) is 0 Å². The predicted octanol–water partition coefficient (Wildman–Crippen LogP) is 4.24. The summed E-state index contributed by atoms with van der Waals surface area (Å²) in [6.07, 6.45) is 1.26. The molecule has 2 aromatic rings. The number of benzene rings is 1. The Morgan fingerprint density at radius 3 is 2.95 bits per heavy atom. The molecule has 0 aliphatic carbocycles. The summed E-state index contributed by atoms with van der Waals surface area (Å²) >= 11 is 1.68. The van der Waals surface area contributed by atoms with Gasteiger partial charge in [-0.05, 0) is 32.4 Å². The van der Waals surface area contributed by atoms with E-state index in [2.05, 4.69) is 29.5 Å². The molecule has 4 heteroatoms. The van der Waals surface area contributed by atoms with Crippen molar-refractivity contribution in [1.82, 2.24) is 4.98 Å². The maximum absolute atomic E-state index is 5.81. The molecule has 0 radical (unpaired) electrons. The third-order valence-corrected chi connectivity index (χ3v) is 3.71. The average molecular weight is 276 g/mol. The van der Waals surface area contributed by atoms with Crippen LogP contribution in [0, 0.1) is 6.92 Å². The molecule has 102 valence electrons. The van der Waals surface area contributed by atoms with Crippen LogP contribution >= 0.6 is 11.3 Å². The number of rotatable bonds is 6. The molecule has 1 unspecified atom stereocenters. The van der Waals surface area contributed by atoms with Gasteiger partial charge in [-0.1, -0.05) is 13.0 Å². The van der Waals surface area contributed by atoms with Crippen molar-refractivity contribution in [3.05, 3.63) is 40.3 Å². The second-order valence-corrected chi connectivity index (χ2v) is 5.64. The summed E-state index contributed by atoms with van der Waals surface area (Å²) in [6.45, 7) is 6.97. The number of aryl methyl sites for hydroxylation is 1. The van der Waals surface area contributed by atoms with Crippen LogP contribution < -0.4 is 10.1 Å². The SMILES string of the molecule is CCC(C)Oc1cccc(NCc2csc(C)n2)c1. The smallest absolute Gasteiger partial charge is 0.121 e. The Balaban J connectivity index is 1.95. The first-order valence-corrected chi connectivity index (χ1v) is 7.47. The number of nitrogens with one attached hydrogen (secondary N) is 1. The van der Waals surface area contributed by atoms with Crippen LogP contribution in [0.5, 0.6) is 5.75 Å². The molecule has 1 aromatic carbocycles. The number of nitrogens with zero attached hydrogens (tertiary/aromatic N) is 1.